The normalized spacial score (nSPS) is 11.9. The van der Waals surface area contributed by atoms with Gasteiger partial charge in [-0.2, -0.15) is 0 Å². The Morgan fingerprint density at radius 1 is 1.29 bits per heavy atom. The van der Waals surface area contributed by atoms with E-state index in [-0.39, 0.29) is 5.92 Å². The molecular formula is C16H18N2O3. The highest BCUT2D eigenvalue weighted by atomic mass is 16.5. The molecule has 2 rings (SSSR count). The molecular weight excluding hydrogens is 268 g/mol. The van der Waals surface area contributed by atoms with Crippen LogP contribution < -0.4 is 4.74 Å². The van der Waals surface area contributed by atoms with Crippen LogP contribution >= 0.6 is 0 Å². The quantitative estimate of drug-likeness (QED) is 0.884. The first-order chi connectivity index (χ1) is 10.1. The zero-order chi connectivity index (χ0) is 15.2. The molecule has 2 aromatic rings. The van der Waals surface area contributed by atoms with Crippen molar-refractivity contribution in [3.05, 3.63) is 42.2 Å². The summed E-state index contributed by atoms with van der Waals surface area (Å²) in [6.07, 6.45) is 4.53. The Kier molecular flexibility index (Phi) is 4.87. The van der Waals surface area contributed by atoms with Crippen molar-refractivity contribution in [3.63, 3.8) is 0 Å². The van der Waals surface area contributed by atoms with Gasteiger partial charge >= 0.3 is 12.0 Å². The second-order valence-electron chi connectivity index (χ2n) is 4.81. The molecule has 5 heteroatoms. The van der Waals surface area contributed by atoms with Crippen molar-refractivity contribution >= 4 is 5.97 Å². The van der Waals surface area contributed by atoms with Crippen molar-refractivity contribution in [1.82, 2.24) is 9.97 Å². The van der Waals surface area contributed by atoms with Crippen molar-refractivity contribution < 1.29 is 14.6 Å². The van der Waals surface area contributed by atoms with E-state index in [1.165, 1.54) is 7.11 Å². The molecule has 0 amide bonds. The van der Waals surface area contributed by atoms with Crippen LogP contribution in [-0.4, -0.2) is 28.2 Å². The van der Waals surface area contributed by atoms with Gasteiger partial charge in [0.2, 0.25) is 0 Å². The predicted octanol–water partition coefficient (Wildman–Crippen LogP) is 2.81. The average molecular weight is 286 g/mol. The largest absolute Gasteiger partial charge is 0.481 e. The predicted molar refractivity (Wildman–Crippen MR) is 79.1 cm³/mol. The topological polar surface area (TPSA) is 72.3 Å². The van der Waals surface area contributed by atoms with Crippen LogP contribution in [0.15, 0.2) is 36.7 Å². The Morgan fingerprint density at radius 3 is 2.57 bits per heavy atom. The molecule has 0 fully saturated rings. The van der Waals surface area contributed by atoms with Crippen LogP contribution in [0, 0.1) is 5.92 Å². The lowest BCUT2D eigenvalue weighted by Gasteiger charge is -2.11. The number of hydrogen-bond acceptors (Lipinski definition) is 4. The number of carboxylic acids is 1. The van der Waals surface area contributed by atoms with Gasteiger partial charge in [-0.1, -0.05) is 31.2 Å². The summed E-state index contributed by atoms with van der Waals surface area (Å²) in [4.78, 5) is 19.3. The highest BCUT2D eigenvalue weighted by Crippen LogP contribution is 2.22. The molecule has 0 aliphatic rings. The van der Waals surface area contributed by atoms with Gasteiger partial charge in [0.15, 0.2) is 0 Å². The Morgan fingerprint density at radius 2 is 2.00 bits per heavy atom. The molecule has 1 heterocycles. The van der Waals surface area contributed by atoms with E-state index >= 15 is 0 Å². The second kappa shape index (κ2) is 6.83. The smallest absolute Gasteiger partial charge is 0.316 e. The third kappa shape index (κ3) is 3.78. The summed E-state index contributed by atoms with van der Waals surface area (Å²) < 4.78 is 4.93. The highest BCUT2D eigenvalue weighted by molar-refractivity contribution is 5.70. The number of benzene rings is 1. The maximum Gasteiger partial charge on any atom is 0.316 e. The number of methoxy groups -OCH3 is 1. The molecule has 0 saturated heterocycles. The number of nitrogens with zero attached hydrogens (tertiary/aromatic N) is 2. The Hall–Kier alpha value is -2.43. The molecule has 1 aromatic heterocycles. The zero-order valence-corrected chi connectivity index (χ0v) is 12.1. The summed E-state index contributed by atoms with van der Waals surface area (Å²) in [6, 6.07) is 8.13. The summed E-state index contributed by atoms with van der Waals surface area (Å²) in [5.74, 6) is -1.11. The third-order valence-electron chi connectivity index (χ3n) is 3.40. The maximum absolute atomic E-state index is 11.1. The first-order valence-corrected chi connectivity index (χ1v) is 6.82. The van der Waals surface area contributed by atoms with Gasteiger partial charge in [-0.25, -0.2) is 9.97 Å². The van der Waals surface area contributed by atoms with Gasteiger partial charge in [0.25, 0.3) is 0 Å². The molecule has 1 atom stereocenters. The number of carbonyl (C=O) groups is 1. The Labute approximate surface area is 123 Å². The van der Waals surface area contributed by atoms with E-state index in [4.69, 9.17) is 9.84 Å². The van der Waals surface area contributed by atoms with Gasteiger partial charge in [0.05, 0.1) is 13.0 Å². The van der Waals surface area contributed by atoms with Crippen molar-refractivity contribution in [2.24, 2.45) is 5.92 Å². The fraction of sp³-hybridized carbons (Fsp3) is 0.312. The number of rotatable bonds is 6. The van der Waals surface area contributed by atoms with Crippen molar-refractivity contribution in [1.29, 1.82) is 0 Å². The van der Waals surface area contributed by atoms with Gasteiger partial charge in [-0.3, -0.25) is 4.79 Å². The Bertz CT molecular complexity index is 611. The minimum Gasteiger partial charge on any atom is -0.481 e. The van der Waals surface area contributed by atoms with Crippen molar-refractivity contribution in [3.8, 4) is 17.1 Å². The Balaban J connectivity index is 2.22. The fourth-order valence-electron chi connectivity index (χ4n) is 2.14. The molecule has 0 bridgehead atoms. The SMILES string of the molecule is CCC(Cc1cccc(-c2cnc(OC)nc2)c1)C(=O)O. The third-order valence-corrected chi connectivity index (χ3v) is 3.40. The lowest BCUT2D eigenvalue weighted by atomic mass is 9.95. The number of ether oxygens (including phenoxy) is 1. The summed E-state index contributed by atoms with van der Waals surface area (Å²) in [5.41, 5.74) is 2.84. The fourth-order valence-corrected chi connectivity index (χ4v) is 2.14. The number of aromatic nitrogens is 2. The van der Waals surface area contributed by atoms with Gasteiger partial charge in [-0.05, 0) is 24.0 Å². The number of aliphatic carboxylic acids is 1. The van der Waals surface area contributed by atoms with Crippen LogP contribution in [0.4, 0.5) is 0 Å². The number of carboxylic acid groups (broad SMARTS) is 1. The first kappa shape index (κ1) is 15.0. The van der Waals surface area contributed by atoms with E-state index in [2.05, 4.69) is 9.97 Å². The zero-order valence-electron chi connectivity index (χ0n) is 12.1. The lowest BCUT2D eigenvalue weighted by molar-refractivity contribution is -0.141. The average Bonchev–Trinajstić information content (AvgIpc) is 2.52. The maximum atomic E-state index is 11.1. The van der Waals surface area contributed by atoms with Crippen LogP contribution in [0.1, 0.15) is 18.9 Å². The molecule has 1 unspecified atom stereocenters. The van der Waals surface area contributed by atoms with Crippen molar-refractivity contribution in [2.45, 2.75) is 19.8 Å². The summed E-state index contributed by atoms with van der Waals surface area (Å²) in [5, 5.41) is 9.14. The monoisotopic (exact) mass is 286 g/mol. The summed E-state index contributed by atoms with van der Waals surface area (Å²) in [7, 11) is 1.52. The molecule has 0 spiro atoms. The van der Waals surface area contributed by atoms with E-state index in [9.17, 15) is 4.79 Å². The standard InChI is InChI=1S/C16H18N2O3/c1-3-12(15(19)20)7-11-5-4-6-13(8-11)14-9-17-16(21-2)18-10-14/h4-6,8-10,12H,3,7H2,1-2H3,(H,19,20). The van der Waals surface area contributed by atoms with E-state index < -0.39 is 5.97 Å². The minimum atomic E-state index is -0.754. The molecule has 0 aliphatic heterocycles. The molecule has 5 nitrogen and oxygen atoms in total. The molecule has 0 saturated carbocycles. The van der Waals surface area contributed by atoms with Crippen LogP contribution in [0.2, 0.25) is 0 Å². The van der Waals surface area contributed by atoms with E-state index in [1.807, 2.05) is 31.2 Å². The molecule has 0 aliphatic carbocycles. The second-order valence-corrected chi connectivity index (χ2v) is 4.81. The van der Waals surface area contributed by atoms with E-state index in [0.29, 0.717) is 18.9 Å². The summed E-state index contributed by atoms with van der Waals surface area (Å²) >= 11 is 0. The lowest BCUT2D eigenvalue weighted by Crippen LogP contribution is -2.15. The van der Waals surface area contributed by atoms with Crippen LogP contribution in [0.5, 0.6) is 6.01 Å². The van der Waals surface area contributed by atoms with Crippen molar-refractivity contribution in [2.75, 3.05) is 7.11 Å². The minimum absolute atomic E-state index is 0.326. The number of hydrogen-bond donors (Lipinski definition) is 1. The molecule has 0 radical (unpaired) electrons. The first-order valence-electron chi connectivity index (χ1n) is 6.82. The molecule has 21 heavy (non-hydrogen) atoms. The van der Waals surface area contributed by atoms with Gasteiger partial charge in [0.1, 0.15) is 0 Å². The van der Waals surface area contributed by atoms with Crippen LogP contribution in [0.3, 0.4) is 0 Å². The van der Waals surface area contributed by atoms with Gasteiger partial charge in [-0.15, -0.1) is 0 Å². The molecule has 110 valence electrons. The molecule has 1 N–H and O–H groups in total. The van der Waals surface area contributed by atoms with E-state index in [0.717, 1.165) is 16.7 Å². The highest BCUT2D eigenvalue weighted by Gasteiger charge is 2.15. The molecule has 1 aromatic carbocycles. The van der Waals surface area contributed by atoms with Crippen LogP contribution in [0.25, 0.3) is 11.1 Å². The van der Waals surface area contributed by atoms with Gasteiger partial charge < -0.3 is 9.84 Å². The van der Waals surface area contributed by atoms with Gasteiger partial charge in [0, 0.05) is 18.0 Å². The van der Waals surface area contributed by atoms with Crippen LogP contribution in [-0.2, 0) is 11.2 Å². The summed E-state index contributed by atoms with van der Waals surface area (Å²) in [6.45, 7) is 1.89. The van der Waals surface area contributed by atoms with E-state index in [1.54, 1.807) is 12.4 Å².